The summed E-state index contributed by atoms with van der Waals surface area (Å²) in [6.45, 7) is 0. The predicted octanol–water partition coefficient (Wildman–Crippen LogP) is 3.42. The Morgan fingerprint density at radius 3 is 2.43 bits per heavy atom. The minimum absolute atomic E-state index is 0.0767. The van der Waals surface area contributed by atoms with E-state index in [2.05, 4.69) is 10.5 Å². The summed E-state index contributed by atoms with van der Waals surface area (Å²) < 4.78 is 0. The number of halogens is 1. The highest BCUT2D eigenvalue weighted by atomic mass is 35.5. The highest BCUT2D eigenvalue weighted by Crippen LogP contribution is 2.17. The summed E-state index contributed by atoms with van der Waals surface area (Å²) in [7, 11) is 0. The summed E-state index contributed by atoms with van der Waals surface area (Å²) in [5.41, 5.74) is 2.62. The molecule has 0 bridgehead atoms. The molecule has 0 fully saturated rings. The molecule has 0 aliphatic rings. The normalized spacial score (nSPS) is 10.7. The maximum atomic E-state index is 12.2. The highest BCUT2D eigenvalue weighted by Gasteiger charge is 2.16. The molecule has 0 unspecified atom stereocenters. The van der Waals surface area contributed by atoms with Gasteiger partial charge in [0.1, 0.15) is 6.07 Å². The van der Waals surface area contributed by atoms with Crippen molar-refractivity contribution in [3.8, 4) is 6.07 Å². The molecule has 0 saturated heterocycles. The number of carbonyl (C=O) groups excluding carboxylic acids is 1. The number of nitriles is 1. The van der Waals surface area contributed by atoms with Crippen molar-refractivity contribution in [2.45, 2.75) is 0 Å². The van der Waals surface area contributed by atoms with Gasteiger partial charge in [0, 0.05) is 17.7 Å². The summed E-state index contributed by atoms with van der Waals surface area (Å²) >= 11 is 5.91. The zero-order valence-corrected chi connectivity index (χ0v) is 12.3. The molecule has 0 saturated carbocycles. The van der Waals surface area contributed by atoms with Crippen molar-refractivity contribution in [2.75, 3.05) is 5.43 Å². The third-order valence-corrected chi connectivity index (χ3v) is 3.14. The molecule has 2 aromatic carbocycles. The fourth-order valence-electron chi connectivity index (χ4n) is 1.68. The van der Waals surface area contributed by atoms with Gasteiger partial charge in [0.25, 0.3) is 5.69 Å². The molecule has 0 aliphatic heterocycles. The van der Waals surface area contributed by atoms with Gasteiger partial charge in [-0.05, 0) is 24.3 Å². The average Bonchev–Trinajstić information content (AvgIpc) is 2.56. The van der Waals surface area contributed by atoms with Gasteiger partial charge in [-0.25, -0.2) is 0 Å². The first-order valence-electron chi connectivity index (χ1n) is 6.30. The molecule has 1 N–H and O–H groups in total. The number of hydrogen-bond acceptors (Lipinski definition) is 6. The lowest BCUT2D eigenvalue weighted by molar-refractivity contribution is -0.384. The van der Waals surface area contributed by atoms with Crippen molar-refractivity contribution in [3.05, 3.63) is 69.2 Å². The number of hydrogen-bond donors (Lipinski definition) is 1. The lowest BCUT2D eigenvalue weighted by atomic mass is 10.1. The Bertz CT molecular complexity index is 825. The van der Waals surface area contributed by atoms with E-state index in [1.54, 1.807) is 18.2 Å². The van der Waals surface area contributed by atoms with E-state index in [-0.39, 0.29) is 22.0 Å². The highest BCUT2D eigenvalue weighted by molar-refractivity contribution is 6.53. The molecule has 0 amide bonds. The van der Waals surface area contributed by atoms with Crippen LogP contribution >= 0.6 is 11.6 Å². The summed E-state index contributed by atoms with van der Waals surface area (Å²) in [4.78, 5) is 22.2. The summed E-state index contributed by atoms with van der Waals surface area (Å²) in [5, 5.41) is 23.6. The van der Waals surface area contributed by atoms with Crippen LogP contribution in [0.2, 0.25) is 5.02 Å². The van der Waals surface area contributed by atoms with Crippen molar-refractivity contribution in [3.63, 3.8) is 0 Å². The number of benzene rings is 2. The second-order valence-corrected chi connectivity index (χ2v) is 4.70. The van der Waals surface area contributed by atoms with E-state index in [1.807, 2.05) is 0 Å². The molecule has 2 aromatic rings. The molecule has 0 aromatic heterocycles. The van der Waals surface area contributed by atoms with E-state index in [0.29, 0.717) is 5.69 Å². The van der Waals surface area contributed by atoms with Crippen LogP contribution in [0.4, 0.5) is 11.4 Å². The molecule has 0 radical (unpaired) electrons. The first-order valence-corrected chi connectivity index (χ1v) is 6.68. The summed E-state index contributed by atoms with van der Waals surface area (Å²) in [6.07, 6.45) is 0. The number of rotatable bonds is 5. The van der Waals surface area contributed by atoms with Gasteiger partial charge < -0.3 is 0 Å². The van der Waals surface area contributed by atoms with Crippen LogP contribution in [0.3, 0.4) is 0 Å². The van der Waals surface area contributed by atoms with Crippen LogP contribution in [-0.2, 0) is 0 Å². The zero-order chi connectivity index (χ0) is 16.8. The summed E-state index contributed by atoms with van der Waals surface area (Å²) in [6, 6.07) is 13.4. The van der Waals surface area contributed by atoms with E-state index >= 15 is 0 Å². The Balaban J connectivity index is 2.19. The Morgan fingerprint density at radius 2 is 1.87 bits per heavy atom. The lowest BCUT2D eigenvalue weighted by Crippen LogP contribution is -2.14. The SMILES string of the molecule is N#C/C(=N/Nc1ccc([N+](=O)[O-])cc1)C(=O)c1ccccc1Cl. The first kappa shape index (κ1) is 16.1. The van der Waals surface area contributed by atoms with Gasteiger partial charge in [-0.15, -0.1) is 0 Å². The van der Waals surface area contributed by atoms with Crippen molar-refractivity contribution in [1.29, 1.82) is 5.26 Å². The van der Waals surface area contributed by atoms with Gasteiger partial charge in [-0.1, -0.05) is 23.7 Å². The average molecular weight is 329 g/mol. The molecular formula is C15H9ClN4O3. The molecule has 0 atom stereocenters. The minimum atomic E-state index is -0.618. The fraction of sp³-hybridized carbons (Fsp3) is 0. The largest absolute Gasteiger partial charge is 0.286 e. The second-order valence-electron chi connectivity index (χ2n) is 4.30. The molecule has 23 heavy (non-hydrogen) atoms. The van der Waals surface area contributed by atoms with Crippen molar-refractivity contribution >= 4 is 34.5 Å². The molecule has 0 aliphatic carbocycles. The van der Waals surface area contributed by atoms with E-state index < -0.39 is 10.7 Å². The van der Waals surface area contributed by atoms with Gasteiger partial charge in [0.2, 0.25) is 11.5 Å². The Hall–Kier alpha value is -3.24. The van der Waals surface area contributed by atoms with E-state index in [1.165, 1.54) is 36.4 Å². The molecule has 2 rings (SSSR count). The number of nitrogens with zero attached hydrogens (tertiary/aromatic N) is 3. The van der Waals surface area contributed by atoms with Crippen LogP contribution in [0.25, 0.3) is 0 Å². The molecule has 7 nitrogen and oxygen atoms in total. The first-order chi connectivity index (χ1) is 11.0. The number of anilines is 1. The Kier molecular flexibility index (Phi) is 5.02. The molecule has 0 spiro atoms. The van der Waals surface area contributed by atoms with Crippen molar-refractivity contribution in [2.24, 2.45) is 5.10 Å². The van der Waals surface area contributed by atoms with Gasteiger partial charge in [0.15, 0.2) is 0 Å². The van der Waals surface area contributed by atoms with Crippen LogP contribution in [0, 0.1) is 21.4 Å². The standard InChI is InChI=1S/C15H9ClN4O3/c16-13-4-2-1-3-12(13)15(21)14(9-17)19-18-10-5-7-11(8-6-10)20(22)23/h1-8,18H/b19-14-. The van der Waals surface area contributed by atoms with Gasteiger partial charge >= 0.3 is 0 Å². The molecule has 8 heteroatoms. The number of nitrogens with one attached hydrogen (secondary N) is 1. The van der Waals surface area contributed by atoms with Gasteiger partial charge in [-0.3, -0.25) is 20.3 Å². The number of ketones is 1. The van der Waals surface area contributed by atoms with Crippen LogP contribution in [0.1, 0.15) is 10.4 Å². The minimum Gasteiger partial charge on any atom is -0.286 e. The molecule has 114 valence electrons. The number of non-ortho nitro benzene ring substituents is 1. The Morgan fingerprint density at radius 1 is 1.22 bits per heavy atom. The van der Waals surface area contributed by atoms with Gasteiger partial charge in [0.05, 0.1) is 15.6 Å². The van der Waals surface area contributed by atoms with Gasteiger partial charge in [-0.2, -0.15) is 10.4 Å². The second kappa shape index (κ2) is 7.15. The molecule has 0 heterocycles. The van der Waals surface area contributed by atoms with Crippen LogP contribution in [0.15, 0.2) is 53.6 Å². The third kappa shape index (κ3) is 3.90. The number of Topliss-reactive ketones (excluding diaryl/α,β-unsaturated/α-hetero) is 1. The van der Waals surface area contributed by atoms with Crippen LogP contribution in [-0.4, -0.2) is 16.4 Å². The lowest BCUT2D eigenvalue weighted by Gasteiger charge is -2.03. The number of carbonyl (C=O) groups is 1. The topological polar surface area (TPSA) is 108 Å². The fourth-order valence-corrected chi connectivity index (χ4v) is 1.90. The zero-order valence-electron chi connectivity index (χ0n) is 11.6. The maximum Gasteiger partial charge on any atom is 0.269 e. The van der Waals surface area contributed by atoms with Crippen LogP contribution < -0.4 is 5.43 Å². The van der Waals surface area contributed by atoms with E-state index in [9.17, 15) is 14.9 Å². The smallest absolute Gasteiger partial charge is 0.269 e. The molecular weight excluding hydrogens is 320 g/mol. The number of nitro benzene ring substituents is 1. The van der Waals surface area contributed by atoms with E-state index in [0.717, 1.165) is 0 Å². The van der Waals surface area contributed by atoms with Crippen molar-refractivity contribution in [1.82, 2.24) is 0 Å². The van der Waals surface area contributed by atoms with Crippen molar-refractivity contribution < 1.29 is 9.72 Å². The van der Waals surface area contributed by atoms with Crippen LogP contribution in [0.5, 0.6) is 0 Å². The Labute approximate surface area is 136 Å². The quantitative estimate of drug-likeness (QED) is 0.391. The monoisotopic (exact) mass is 328 g/mol. The maximum absolute atomic E-state index is 12.2. The van der Waals surface area contributed by atoms with E-state index in [4.69, 9.17) is 16.9 Å². The third-order valence-electron chi connectivity index (χ3n) is 2.81. The number of nitro groups is 1. The predicted molar refractivity (Wildman–Crippen MR) is 85.5 cm³/mol. The summed E-state index contributed by atoms with van der Waals surface area (Å²) in [5.74, 6) is -0.618. The number of hydrazone groups is 1.